The van der Waals surface area contributed by atoms with Crippen molar-refractivity contribution in [2.24, 2.45) is 0 Å². The number of hydrogen-bond acceptors (Lipinski definition) is 6. The molecule has 2 aromatic heterocycles. The molecule has 4 heterocycles. The zero-order valence-corrected chi connectivity index (χ0v) is 20.9. The summed E-state index contributed by atoms with van der Waals surface area (Å²) >= 11 is 7.41. The lowest BCUT2D eigenvalue weighted by Crippen LogP contribution is -2.48. The topological polar surface area (TPSA) is 36.9 Å². The highest BCUT2D eigenvalue weighted by Crippen LogP contribution is 2.67. The summed E-state index contributed by atoms with van der Waals surface area (Å²) in [4.78, 5) is -0.323. The Morgan fingerprint density at radius 1 is 0.667 bits per heavy atom. The molecule has 1 aliphatic carbocycles. The first-order valence-corrected chi connectivity index (χ1v) is 12.6. The van der Waals surface area contributed by atoms with E-state index in [1.165, 1.54) is 12.1 Å². The maximum absolute atomic E-state index is 15.1. The predicted octanol–water partition coefficient (Wildman–Crippen LogP) is 7.26. The Kier molecular flexibility index (Phi) is 6.08. The zero-order chi connectivity index (χ0) is 23.8. The minimum atomic E-state index is -5.65. The van der Waals surface area contributed by atoms with E-state index >= 15 is 17.6 Å². The average molecular weight is 642 g/mol. The molecule has 0 atom stereocenters. The molecule has 4 nitrogen and oxygen atoms in total. The predicted molar refractivity (Wildman–Crippen MR) is 115 cm³/mol. The maximum atomic E-state index is 15.1. The Morgan fingerprint density at radius 2 is 1.00 bits per heavy atom. The maximum Gasteiger partial charge on any atom is 0.380 e. The third-order valence-electron chi connectivity index (χ3n) is 5.24. The van der Waals surface area contributed by atoms with Gasteiger partial charge in [0.2, 0.25) is 0 Å². The summed E-state index contributed by atoms with van der Waals surface area (Å²) in [6.45, 7) is 1.02. The van der Waals surface area contributed by atoms with Gasteiger partial charge in [0.1, 0.15) is 0 Å². The molecule has 2 aromatic rings. The van der Waals surface area contributed by atoms with Gasteiger partial charge in [0.05, 0.1) is 57.1 Å². The van der Waals surface area contributed by atoms with E-state index in [1.807, 2.05) is 0 Å². The van der Waals surface area contributed by atoms with Gasteiger partial charge in [0.15, 0.2) is 12.6 Å². The second kappa shape index (κ2) is 8.29. The van der Waals surface area contributed by atoms with Crippen LogP contribution in [-0.2, 0) is 18.9 Å². The van der Waals surface area contributed by atoms with Crippen LogP contribution in [-0.4, -0.2) is 44.2 Å². The van der Waals surface area contributed by atoms with Crippen LogP contribution in [0, 0.1) is 0 Å². The first-order chi connectivity index (χ1) is 15.5. The molecule has 2 aliphatic heterocycles. The van der Waals surface area contributed by atoms with Gasteiger partial charge in [0, 0.05) is 8.95 Å². The third-order valence-corrected chi connectivity index (χ3v) is 9.36. The molecule has 0 bridgehead atoms. The van der Waals surface area contributed by atoms with E-state index < -0.39 is 51.2 Å². The summed E-state index contributed by atoms with van der Waals surface area (Å²) in [6.07, 6.45) is -1.78. The van der Waals surface area contributed by atoms with E-state index in [4.69, 9.17) is 18.9 Å². The molecule has 0 aromatic carbocycles. The molecule has 33 heavy (non-hydrogen) atoms. The van der Waals surface area contributed by atoms with Crippen molar-refractivity contribution in [1.29, 1.82) is 0 Å². The van der Waals surface area contributed by atoms with Gasteiger partial charge in [-0.25, -0.2) is 0 Å². The summed E-state index contributed by atoms with van der Waals surface area (Å²) < 4.78 is 111. The number of thiophene rings is 2. The average Bonchev–Trinajstić information content (AvgIpc) is 3.53. The Morgan fingerprint density at radius 3 is 1.33 bits per heavy atom. The number of ether oxygens (including phenoxy) is 4. The fourth-order valence-electron chi connectivity index (χ4n) is 3.73. The number of allylic oxidation sites excluding steroid dienone is 2. The van der Waals surface area contributed by atoms with Gasteiger partial charge in [0.25, 0.3) is 0 Å². The van der Waals surface area contributed by atoms with Gasteiger partial charge in [-0.2, -0.15) is 26.3 Å². The molecule has 0 amide bonds. The summed E-state index contributed by atoms with van der Waals surface area (Å²) in [6, 6.07) is 2.70. The minimum absolute atomic E-state index is 0.0439. The molecule has 0 saturated carbocycles. The summed E-state index contributed by atoms with van der Waals surface area (Å²) in [7, 11) is 0. The summed E-state index contributed by atoms with van der Waals surface area (Å²) in [5.74, 6) is -16.0. The monoisotopic (exact) mass is 640 g/mol. The fourth-order valence-corrected chi connectivity index (χ4v) is 7.67. The molecule has 14 heteroatoms. The Bertz CT molecular complexity index is 1040. The van der Waals surface area contributed by atoms with Gasteiger partial charge in [-0.1, -0.05) is 0 Å². The van der Waals surface area contributed by atoms with Gasteiger partial charge < -0.3 is 18.9 Å². The highest BCUT2D eigenvalue weighted by atomic mass is 79.9. The highest BCUT2D eigenvalue weighted by molar-refractivity contribution is 9.11. The molecule has 5 rings (SSSR count). The quantitative estimate of drug-likeness (QED) is 0.330. The molecule has 3 aliphatic rings. The number of hydrogen-bond donors (Lipinski definition) is 0. The van der Waals surface area contributed by atoms with Crippen LogP contribution >= 0.6 is 54.5 Å². The first kappa shape index (κ1) is 24.2. The Hall–Kier alpha value is -0.480. The van der Waals surface area contributed by atoms with Crippen LogP contribution in [0.1, 0.15) is 32.1 Å². The number of halogens is 8. The Labute approximate surface area is 207 Å². The second-order valence-corrected chi connectivity index (χ2v) is 11.1. The van der Waals surface area contributed by atoms with E-state index in [9.17, 15) is 8.78 Å². The second-order valence-electron chi connectivity index (χ2n) is 7.27. The molecule has 180 valence electrons. The van der Waals surface area contributed by atoms with Crippen LogP contribution in [0.25, 0.3) is 11.1 Å². The van der Waals surface area contributed by atoms with Crippen molar-refractivity contribution in [3.63, 3.8) is 0 Å². The molecule has 2 fully saturated rings. The van der Waals surface area contributed by atoms with Gasteiger partial charge in [-0.15, -0.1) is 22.7 Å². The lowest BCUT2D eigenvalue weighted by Gasteiger charge is -2.25. The number of rotatable bonds is 4. The lowest BCUT2D eigenvalue weighted by atomic mass is 10.1. The van der Waals surface area contributed by atoms with E-state index in [1.54, 1.807) is 0 Å². The van der Waals surface area contributed by atoms with Gasteiger partial charge >= 0.3 is 17.8 Å². The van der Waals surface area contributed by atoms with Crippen molar-refractivity contribution < 1.29 is 45.3 Å². The fraction of sp³-hybridized carbons (Fsp3) is 0.474. The third kappa shape index (κ3) is 3.59. The molecular weight excluding hydrogens is 630 g/mol. The largest absolute Gasteiger partial charge is 0.380 e. The van der Waals surface area contributed by atoms with E-state index in [0.29, 0.717) is 22.7 Å². The summed E-state index contributed by atoms with van der Waals surface area (Å²) in [5, 5.41) is 0. The van der Waals surface area contributed by atoms with Crippen LogP contribution in [0.3, 0.4) is 0 Å². The standard InChI is InChI=1S/C19H12Br2F6O4S2/c20-7-5-9(15-28-1-2-29-15)32-13(7)11-12(18(24,25)19(26,27)17(11,22)23)14-8(21)6-10(33-14)16-30-3-4-31-16/h5-6,15-16H,1-4H2. The molecule has 0 radical (unpaired) electrons. The van der Waals surface area contributed by atoms with Crippen molar-refractivity contribution in [3.05, 3.63) is 40.6 Å². The summed E-state index contributed by atoms with van der Waals surface area (Å²) in [5.41, 5.74) is -2.89. The lowest BCUT2D eigenvalue weighted by molar-refractivity contribution is -0.254. The number of alkyl halides is 6. The highest BCUT2D eigenvalue weighted by Gasteiger charge is 2.81. The molecule has 0 unspecified atom stereocenters. The zero-order valence-electron chi connectivity index (χ0n) is 16.1. The molecular formula is C19H12Br2F6O4S2. The van der Waals surface area contributed by atoms with E-state index in [0.717, 1.165) is 0 Å². The van der Waals surface area contributed by atoms with Crippen molar-refractivity contribution in [2.75, 3.05) is 26.4 Å². The molecule has 2 saturated heterocycles. The van der Waals surface area contributed by atoms with Crippen LogP contribution in [0.5, 0.6) is 0 Å². The Balaban J connectivity index is 1.72. The van der Waals surface area contributed by atoms with Crippen LogP contribution in [0.4, 0.5) is 26.3 Å². The minimum Gasteiger partial charge on any atom is -0.345 e. The van der Waals surface area contributed by atoms with Gasteiger partial charge in [-0.05, 0) is 44.0 Å². The molecule has 0 N–H and O–H groups in total. The normalized spacial score (nSPS) is 25.0. The van der Waals surface area contributed by atoms with Crippen molar-refractivity contribution in [2.45, 2.75) is 30.3 Å². The van der Waals surface area contributed by atoms with Crippen LogP contribution in [0.15, 0.2) is 21.1 Å². The molecule has 0 spiro atoms. The van der Waals surface area contributed by atoms with Crippen molar-refractivity contribution >= 4 is 65.7 Å². The smallest absolute Gasteiger partial charge is 0.345 e. The van der Waals surface area contributed by atoms with Crippen molar-refractivity contribution in [3.8, 4) is 0 Å². The van der Waals surface area contributed by atoms with Crippen LogP contribution in [0.2, 0.25) is 0 Å². The van der Waals surface area contributed by atoms with E-state index in [2.05, 4.69) is 31.9 Å². The van der Waals surface area contributed by atoms with Crippen molar-refractivity contribution in [1.82, 2.24) is 0 Å². The SMILES string of the molecule is FC1(F)C(c2sc(C3OCCO3)cc2Br)=C(c2sc(C3OCCO3)cc2Br)C(F)(F)C1(F)F. The van der Waals surface area contributed by atoms with E-state index in [-0.39, 0.29) is 45.1 Å². The van der Waals surface area contributed by atoms with Crippen LogP contribution < -0.4 is 0 Å². The first-order valence-electron chi connectivity index (χ1n) is 9.41. The van der Waals surface area contributed by atoms with Gasteiger partial charge in [-0.3, -0.25) is 0 Å².